The number of benzene rings is 1. The first kappa shape index (κ1) is 20.0. The lowest BCUT2D eigenvalue weighted by atomic mass is 10.2. The van der Waals surface area contributed by atoms with Gasteiger partial charge in [-0.1, -0.05) is 18.5 Å². The highest BCUT2D eigenvalue weighted by Crippen LogP contribution is 2.28. The summed E-state index contributed by atoms with van der Waals surface area (Å²) < 4.78 is 0. The molecule has 0 saturated heterocycles. The summed E-state index contributed by atoms with van der Waals surface area (Å²) >= 11 is 5.81. The van der Waals surface area contributed by atoms with Crippen molar-refractivity contribution in [3.05, 3.63) is 29.3 Å². The van der Waals surface area contributed by atoms with E-state index in [2.05, 4.69) is 27.9 Å². The van der Waals surface area contributed by atoms with E-state index < -0.39 is 0 Å². The van der Waals surface area contributed by atoms with Gasteiger partial charge in [0.15, 0.2) is 5.96 Å². The Kier molecular flexibility index (Phi) is 8.68. The van der Waals surface area contributed by atoms with E-state index in [1.165, 1.54) is 6.42 Å². The molecular weight excluding hydrogens is 427 g/mol. The summed E-state index contributed by atoms with van der Waals surface area (Å²) in [7, 11) is 1.76. The average Bonchev–Trinajstić information content (AvgIpc) is 3.20. The van der Waals surface area contributed by atoms with E-state index in [0.29, 0.717) is 17.5 Å². The average molecular weight is 451 g/mol. The van der Waals surface area contributed by atoms with E-state index >= 15 is 0 Å². The maximum absolute atomic E-state index is 11.8. The summed E-state index contributed by atoms with van der Waals surface area (Å²) in [5.74, 6) is 1.54. The number of guanidine groups is 1. The van der Waals surface area contributed by atoms with Gasteiger partial charge in [0.1, 0.15) is 0 Å². The number of nitrogens with zero attached hydrogens (tertiary/aromatic N) is 1. The van der Waals surface area contributed by atoms with E-state index in [1.807, 2.05) is 0 Å². The fourth-order valence-corrected chi connectivity index (χ4v) is 2.23. The molecule has 5 nitrogen and oxygen atoms in total. The van der Waals surface area contributed by atoms with Gasteiger partial charge in [-0.25, -0.2) is 0 Å². The van der Waals surface area contributed by atoms with Gasteiger partial charge in [-0.05, 0) is 43.0 Å². The quantitative estimate of drug-likeness (QED) is 0.270. The van der Waals surface area contributed by atoms with Crippen LogP contribution < -0.4 is 16.0 Å². The van der Waals surface area contributed by atoms with Crippen molar-refractivity contribution < 1.29 is 4.79 Å². The molecule has 0 spiro atoms. The summed E-state index contributed by atoms with van der Waals surface area (Å²) in [6.07, 6.45) is 2.41. The lowest BCUT2D eigenvalue weighted by Crippen LogP contribution is -2.39. The van der Waals surface area contributed by atoms with Crippen molar-refractivity contribution in [3.63, 3.8) is 0 Å². The fraction of sp³-hybridized carbons (Fsp3) is 0.500. The molecule has 7 heteroatoms. The van der Waals surface area contributed by atoms with E-state index in [-0.39, 0.29) is 29.9 Å². The molecule has 0 aromatic heterocycles. The van der Waals surface area contributed by atoms with Crippen LogP contribution in [0.3, 0.4) is 0 Å². The minimum absolute atomic E-state index is 0. The largest absolute Gasteiger partial charge is 0.356 e. The molecule has 2 unspecified atom stereocenters. The summed E-state index contributed by atoms with van der Waals surface area (Å²) in [6.45, 7) is 2.93. The smallest absolute Gasteiger partial charge is 0.224 e. The van der Waals surface area contributed by atoms with Crippen LogP contribution in [0.5, 0.6) is 0 Å². The van der Waals surface area contributed by atoms with Crippen LogP contribution in [0.2, 0.25) is 5.02 Å². The molecule has 1 aliphatic carbocycles. The molecule has 1 saturated carbocycles. The number of nitrogens with one attached hydrogen (secondary N) is 3. The van der Waals surface area contributed by atoms with Crippen molar-refractivity contribution in [2.24, 2.45) is 10.9 Å². The second-order valence-electron chi connectivity index (χ2n) is 5.62. The number of carbonyl (C=O) groups excluding carboxylic acids is 1. The van der Waals surface area contributed by atoms with E-state index in [1.54, 1.807) is 31.3 Å². The standard InChI is InChI=1S/C16H23ClN4O.HI/c1-11-10-14(11)21-16(18-2)19-9-3-4-15(22)20-13-7-5-12(17)6-8-13;/h5-8,11,14H,3-4,9-10H2,1-2H3,(H,20,22)(H2,18,19,21);1H. The molecule has 128 valence electrons. The molecule has 0 aliphatic heterocycles. The molecule has 0 heterocycles. The lowest BCUT2D eigenvalue weighted by molar-refractivity contribution is -0.116. The maximum Gasteiger partial charge on any atom is 0.224 e. The maximum atomic E-state index is 11.8. The SMILES string of the molecule is CN=C(NCCCC(=O)Nc1ccc(Cl)cc1)NC1CC1C.I. The zero-order valence-corrected chi connectivity index (χ0v) is 16.5. The molecule has 1 aromatic carbocycles. The Balaban J connectivity index is 0.00000264. The predicted molar refractivity (Wildman–Crippen MR) is 107 cm³/mol. The predicted octanol–water partition coefficient (Wildman–Crippen LogP) is 3.25. The van der Waals surface area contributed by atoms with Crippen LogP contribution in [0, 0.1) is 5.92 Å². The summed E-state index contributed by atoms with van der Waals surface area (Å²) in [5, 5.41) is 10.1. The molecule has 3 N–H and O–H groups in total. The van der Waals surface area contributed by atoms with Crippen LogP contribution >= 0.6 is 35.6 Å². The Labute approximate surface area is 159 Å². The molecule has 2 atom stereocenters. The second-order valence-corrected chi connectivity index (χ2v) is 6.06. The van der Waals surface area contributed by atoms with Crippen molar-refractivity contribution in [1.82, 2.24) is 10.6 Å². The van der Waals surface area contributed by atoms with Crippen molar-refractivity contribution in [3.8, 4) is 0 Å². The number of hydrogen-bond acceptors (Lipinski definition) is 2. The van der Waals surface area contributed by atoms with Gasteiger partial charge in [0.25, 0.3) is 0 Å². The number of halogens is 2. The molecule has 1 amide bonds. The van der Waals surface area contributed by atoms with Gasteiger partial charge in [0, 0.05) is 36.8 Å². The van der Waals surface area contributed by atoms with Gasteiger partial charge in [0.2, 0.25) is 5.91 Å². The summed E-state index contributed by atoms with van der Waals surface area (Å²) in [6, 6.07) is 7.64. The van der Waals surface area contributed by atoms with Crippen LogP contribution in [0.1, 0.15) is 26.2 Å². The van der Waals surface area contributed by atoms with Crippen LogP contribution in [-0.2, 0) is 4.79 Å². The van der Waals surface area contributed by atoms with E-state index in [9.17, 15) is 4.79 Å². The molecule has 1 aliphatic rings. The molecule has 2 rings (SSSR count). The van der Waals surface area contributed by atoms with E-state index in [4.69, 9.17) is 11.6 Å². The van der Waals surface area contributed by atoms with Crippen molar-refractivity contribution in [1.29, 1.82) is 0 Å². The highest BCUT2D eigenvalue weighted by Gasteiger charge is 2.33. The highest BCUT2D eigenvalue weighted by atomic mass is 127. The molecule has 0 radical (unpaired) electrons. The first-order valence-corrected chi connectivity index (χ1v) is 7.99. The van der Waals surface area contributed by atoms with Crippen molar-refractivity contribution in [2.75, 3.05) is 18.9 Å². The highest BCUT2D eigenvalue weighted by molar-refractivity contribution is 14.0. The van der Waals surface area contributed by atoms with Crippen LogP contribution in [0.25, 0.3) is 0 Å². The fourth-order valence-electron chi connectivity index (χ4n) is 2.11. The molecule has 1 fully saturated rings. The number of aliphatic imine (C=N–C) groups is 1. The van der Waals surface area contributed by atoms with Gasteiger partial charge >= 0.3 is 0 Å². The van der Waals surface area contributed by atoms with Crippen LogP contribution in [0.15, 0.2) is 29.3 Å². The van der Waals surface area contributed by atoms with E-state index in [0.717, 1.165) is 30.5 Å². The Hall–Kier alpha value is -1.02. The molecule has 0 bridgehead atoms. The molecular formula is C16H24ClIN4O. The van der Waals surface area contributed by atoms with Crippen molar-refractivity contribution in [2.45, 2.75) is 32.2 Å². The topological polar surface area (TPSA) is 65.5 Å². The van der Waals surface area contributed by atoms with Crippen LogP contribution in [0.4, 0.5) is 5.69 Å². The van der Waals surface area contributed by atoms with Gasteiger partial charge in [-0.15, -0.1) is 24.0 Å². The first-order chi connectivity index (χ1) is 10.6. The van der Waals surface area contributed by atoms with Gasteiger partial charge in [-0.2, -0.15) is 0 Å². The number of anilines is 1. The number of carbonyl (C=O) groups is 1. The van der Waals surface area contributed by atoms with Crippen molar-refractivity contribution >= 4 is 53.1 Å². The minimum atomic E-state index is 0. The Morgan fingerprint density at radius 1 is 1.35 bits per heavy atom. The molecule has 23 heavy (non-hydrogen) atoms. The van der Waals surface area contributed by atoms with Gasteiger partial charge in [0.05, 0.1) is 0 Å². The number of hydrogen-bond donors (Lipinski definition) is 3. The Bertz CT molecular complexity index is 535. The monoisotopic (exact) mass is 450 g/mol. The second kappa shape index (κ2) is 9.97. The normalized spacial score (nSPS) is 19.5. The molecule has 1 aromatic rings. The zero-order chi connectivity index (χ0) is 15.9. The Morgan fingerprint density at radius 3 is 2.57 bits per heavy atom. The summed E-state index contributed by atoms with van der Waals surface area (Å²) in [4.78, 5) is 16.0. The minimum Gasteiger partial charge on any atom is -0.356 e. The number of rotatable bonds is 6. The first-order valence-electron chi connectivity index (χ1n) is 7.61. The number of amides is 1. The Morgan fingerprint density at radius 2 is 2.00 bits per heavy atom. The third kappa shape index (κ3) is 7.39. The summed E-state index contributed by atoms with van der Waals surface area (Å²) in [5.41, 5.74) is 0.766. The third-order valence-corrected chi connectivity index (χ3v) is 3.91. The lowest BCUT2D eigenvalue weighted by Gasteiger charge is -2.11. The van der Waals surface area contributed by atoms with Gasteiger partial charge in [-0.3, -0.25) is 9.79 Å². The zero-order valence-electron chi connectivity index (χ0n) is 13.4. The van der Waals surface area contributed by atoms with Crippen LogP contribution in [-0.4, -0.2) is 31.5 Å². The third-order valence-electron chi connectivity index (χ3n) is 3.66. The van der Waals surface area contributed by atoms with Gasteiger partial charge < -0.3 is 16.0 Å².